The highest BCUT2D eigenvalue weighted by atomic mass is 19.1. The molecule has 1 atom stereocenters. The lowest BCUT2D eigenvalue weighted by Crippen LogP contribution is -2.28. The summed E-state index contributed by atoms with van der Waals surface area (Å²) in [5.41, 5.74) is 3.93. The maximum Gasteiger partial charge on any atom is 0.258 e. The molecule has 5 heteroatoms. The molecule has 0 bridgehead atoms. The van der Waals surface area contributed by atoms with Gasteiger partial charge in [-0.25, -0.2) is 4.39 Å². The third-order valence-electron chi connectivity index (χ3n) is 4.77. The summed E-state index contributed by atoms with van der Waals surface area (Å²) in [7, 11) is 0. The van der Waals surface area contributed by atoms with Crippen LogP contribution in [-0.4, -0.2) is 18.3 Å². The fourth-order valence-corrected chi connectivity index (χ4v) is 3.37. The van der Waals surface area contributed by atoms with Crippen LogP contribution in [0.3, 0.4) is 0 Å². The molecule has 0 aliphatic heterocycles. The monoisotopic (exact) mass is 355 g/mol. The molecule has 0 spiro atoms. The summed E-state index contributed by atoms with van der Waals surface area (Å²) in [6, 6.07) is 8.51. The summed E-state index contributed by atoms with van der Waals surface area (Å²) in [6.45, 7) is 5.72. The van der Waals surface area contributed by atoms with Crippen LogP contribution in [0.2, 0.25) is 0 Å². The number of benzene rings is 2. The van der Waals surface area contributed by atoms with Gasteiger partial charge in [-0.2, -0.15) is 0 Å². The van der Waals surface area contributed by atoms with Crippen molar-refractivity contribution in [3.63, 3.8) is 0 Å². The van der Waals surface area contributed by atoms with Gasteiger partial charge in [0.1, 0.15) is 11.6 Å². The zero-order valence-electron chi connectivity index (χ0n) is 15.2. The number of nitrogens with one attached hydrogen (secondary N) is 1. The third-order valence-corrected chi connectivity index (χ3v) is 4.77. The van der Waals surface area contributed by atoms with Gasteiger partial charge in [-0.15, -0.1) is 0 Å². The number of hydrogen-bond acceptors (Lipinski definition) is 3. The van der Waals surface area contributed by atoms with Gasteiger partial charge in [0.25, 0.3) is 5.91 Å². The van der Waals surface area contributed by atoms with Gasteiger partial charge >= 0.3 is 0 Å². The van der Waals surface area contributed by atoms with E-state index in [1.807, 2.05) is 19.9 Å². The Morgan fingerprint density at radius 2 is 1.96 bits per heavy atom. The highest BCUT2D eigenvalue weighted by Gasteiger charge is 2.31. The van der Waals surface area contributed by atoms with Gasteiger partial charge in [0, 0.05) is 13.0 Å². The molecule has 1 aliphatic rings. The van der Waals surface area contributed by atoms with Crippen molar-refractivity contribution in [2.45, 2.75) is 39.7 Å². The molecule has 0 radical (unpaired) electrons. The second-order valence-electron chi connectivity index (χ2n) is 6.85. The number of amides is 1. The highest BCUT2D eigenvalue weighted by molar-refractivity contribution is 6.04. The Morgan fingerprint density at radius 3 is 2.69 bits per heavy atom. The zero-order chi connectivity index (χ0) is 18.8. The van der Waals surface area contributed by atoms with Gasteiger partial charge in [-0.1, -0.05) is 25.1 Å². The number of halogens is 1. The first-order valence-corrected chi connectivity index (χ1v) is 8.68. The summed E-state index contributed by atoms with van der Waals surface area (Å²) >= 11 is 0. The quantitative estimate of drug-likeness (QED) is 0.887. The molecule has 0 unspecified atom stereocenters. The van der Waals surface area contributed by atoms with Crippen molar-refractivity contribution >= 4 is 11.7 Å². The SMILES string of the molecule is Cc1ccc(CNC(=O)COc2ccc(C)c3c2C(=O)C[C@H]3C)cc1F. The Balaban J connectivity index is 1.62. The van der Waals surface area contributed by atoms with E-state index in [1.165, 1.54) is 6.07 Å². The molecule has 0 saturated carbocycles. The van der Waals surface area contributed by atoms with Crippen LogP contribution in [0.5, 0.6) is 5.75 Å². The van der Waals surface area contributed by atoms with Crippen LogP contribution in [0.15, 0.2) is 30.3 Å². The van der Waals surface area contributed by atoms with E-state index in [0.29, 0.717) is 28.9 Å². The van der Waals surface area contributed by atoms with Gasteiger partial charge in [0.2, 0.25) is 0 Å². The van der Waals surface area contributed by atoms with Gasteiger partial charge in [0.05, 0.1) is 5.56 Å². The van der Waals surface area contributed by atoms with Crippen LogP contribution >= 0.6 is 0 Å². The van der Waals surface area contributed by atoms with Crippen LogP contribution in [0.1, 0.15) is 51.9 Å². The van der Waals surface area contributed by atoms with Gasteiger partial charge < -0.3 is 10.1 Å². The minimum Gasteiger partial charge on any atom is -0.483 e. The molecule has 0 heterocycles. The highest BCUT2D eigenvalue weighted by Crippen LogP contribution is 2.40. The molecular formula is C21H22FNO3. The van der Waals surface area contributed by atoms with Crippen LogP contribution in [-0.2, 0) is 11.3 Å². The average Bonchev–Trinajstić information content (AvgIpc) is 2.91. The lowest BCUT2D eigenvalue weighted by atomic mass is 9.97. The van der Waals surface area contributed by atoms with Crippen LogP contribution in [0, 0.1) is 19.7 Å². The van der Waals surface area contributed by atoms with Crippen molar-refractivity contribution in [3.05, 3.63) is 64.0 Å². The normalized spacial score (nSPS) is 15.7. The first kappa shape index (κ1) is 18.1. The first-order valence-electron chi connectivity index (χ1n) is 8.68. The topological polar surface area (TPSA) is 55.4 Å². The molecule has 0 saturated heterocycles. The molecule has 2 aromatic carbocycles. The largest absolute Gasteiger partial charge is 0.483 e. The number of carbonyl (C=O) groups excluding carboxylic acids is 2. The molecule has 1 amide bonds. The van der Waals surface area contributed by atoms with E-state index < -0.39 is 0 Å². The maximum atomic E-state index is 13.5. The summed E-state index contributed by atoms with van der Waals surface area (Å²) in [5, 5.41) is 2.70. The Labute approximate surface area is 152 Å². The zero-order valence-corrected chi connectivity index (χ0v) is 15.2. The average molecular weight is 355 g/mol. The Morgan fingerprint density at radius 1 is 1.23 bits per heavy atom. The lowest BCUT2D eigenvalue weighted by molar-refractivity contribution is -0.123. The van der Waals surface area contributed by atoms with Crippen molar-refractivity contribution < 1.29 is 18.7 Å². The maximum absolute atomic E-state index is 13.5. The lowest BCUT2D eigenvalue weighted by Gasteiger charge is -2.13. The molecule has 2 aromatic rings. The summed E-state index contributed by atoms with van der Waals surface area (Å²) < 4.78 is 19.1. The molecule has 4 nitrogen and oxygen atoms in total. The predicted octanol–water partition coefficient (Wildman–Crippen LogP) is 3.83. The van der Waals surface area contributed by atoms with Crippen molar-refractivity contribution in [1.29, 1.82) is 0 Å². The van der Waals surface area contributed by atoms with Gasteiger partial charge in [-0.3, -0.25) is 9.59 Å². The molecule has 3 rings (SSSR count). The van der Waals surface area contributed by atoms with E-state index in [0.717, 1.165) is 11.1 Å². The Hall–Kier alpha value is -2.69. The molecule has 0 fully saturated rings. The van der Waals surface area contributed by atoms with Gasteiger partial charge in [0.15, 0.2) is 12.4 Å². The van der Waals surface area contributed by atoms with Crippen LogP contribution in [0.4, 0.5) is 4.39 Å². The van der Waals surface area contributed by atoms with Crippen molar-refractivity contribution in [3.8, 4) is 5.75 Å². The third kappa shape index (κ3) is 3.62. The minimum atomic E-state index is -0.321. The molecule has 1 N–H and O–H groups in total. The van der Waals surface area contributed by atoms with E-state index in [4.69, 9.17) is 4.74 Å². The summed E-state index contributed by atoms with van der Waals surface area (Å²) in [5.74, 6) is 0.0687. The number of rotatable bonds is 5. The van der Waals surface area contributed by atoms with Crippen molar-refractivity contribution in [2.75, 3.05) is 6.61 Å². The van der Waals surface area contributed by atoms with Crippen LogP contribution < -0.4 is 10.1 Å². The number of carbonyl (C=O) groups is 2. The molecular weight excluding hydrogens is 333 g/mol. The first-order chi connectivity index (χ1) is 12.4. The summed E-state index contributed by atoms with van der Waals surface area (Å²) in [4.78, 5) is 24.3. The smallest absolute Gasteiger partial charge is 0.258 e. The van der Waals surface area contributed by atoms with Crippen molar-refractivity contribution in [1.82, 2.24) is 5.32 Å². The molecule has 136 valence electrons. The number of aryl methyl sites for hydroxylation is 2. The number of fused-ring (bicyclic) bond motifs is 1. The molecule has 26 heavy (non-hydrogen) atoms. The van der Waals surface area contributed by atoms with E-state index in [9.17, 15) is 14.0 Å². The Bertz CT molecular complexity index is 876. The number of ether oxygens (including phenoxy) is 1. The van der Waals surface area contributed by atoms with E-state index in [2.05, 4.69) is 5.32 Å². The van der Waals surface area contributed by atoms with Crippen molar-refractivity contribution in [2.24, 2.45) is 0 Å². The van der Waals surface area contributed by atoms with E-state index in [1.54, 1.807) is 25.1 Å². The second-order valence-corrected chi connectivity index (χ2v) is 6.85. The number of ketones is 1. The van der Waals surface area contributed by atoms with E-state index in [-0.39, 0.29) is 36.6 Å². The van der Waals surface area contributed by atoms with E-state index >= 15 is 0 Å². The fraction of sp³-hybridized carbons (Fsp3) is 0.333. The summed E-state index contributed by atoms with van der Waals surface area (Å²) in [6.07, 6.45) is 0.474. The fourth-order valence-electron chi connectivity index (χ4n) is 3.37. The second kappa shape index (κ2) is 7.28. The van der Waals surface area contributed by atoms with Gasteiger partial charge in [-0.05, 0) is 54.2 Å². The molecule has 1 aliphatic carbocycles. The predicted molar refractivity (Wildman–Crippen MR) is 97.0 cm³/mol. The Kier molecular flexibility index (Phi) is 5.07. The van der Waals surface area contributed by atoms with Crippen LogP contribution in [0.25, 0.3) is 0 Å². The number of hydrogen-bond donors (Lipinski definition) is 1. The number of Topliss-reactive ketones (excluding diaryl/α,β-unsaturated/α-hetero) is 1. The standard InChI is InChI=1S/C21H22FNO3/c1-12-4-6-15(9-16(12)22)10-23-19(25)11-26-18-7-5-13(2)20-14(3)8-17(24)21(18)20/h4-7,9,14H,8,10-11H2,1-3H3,(H,23,25)/t14-/m1/s1. The minimum absolute atomic E-state index is 0.0572. The molecule has 0 aromatic heterocycles.